The van der Waals surface area contributed by atoms with E-state index in [1.165, 1.54) is 31.4 Å². The fraction of sp³-hybridized carbons (Fsp3) is 0.136. The number of ketones is 1. The van der Waals surface area contributed by atoms with Gasteiger partial charge in [0.1, 0.15) is 23.9 Å². The molecule has 1 N–H and O–H groups in total. The summed E-state index contributed by atoms with van der Waals surface area (Å²) >= 11 is 6.15. The molecule has 0 aliphatic rings. The van der Waals surface area contributed by atoms with Crippen molar-refractivity contribution >= 4 is 23.5 Å². The number of aromatic hydroxyl groups is 1. The minimum atomic E-state index is -0.237. The van der Waals surface area contributed by atoms with E-state index in [-0.39, 0.29) is 23.9 Å². The summed E-state index contributed by atoms with van der Waals surface area (Å²) in [6.07, 6.45) is 2.97. The fourth-order valence-corrected chi connectivity index (χ4v) is 2.87. The molecule has 3 aromatic rings. The first-order valence-corrected chi connectivity index (χ1v) is 8.92. The number of aryl methyl sites for hydroxylation is 1. The lowest BCUT2D eigenvalue weighted by Crippen LogP contribution is -1.96. The Morgan fingerprint density at radius 3 is 2.79 bits per heavy atom. The van der Waals surface area contributed by atoms with Gasteiger partial charge in [-0.25, -0.2) is 0 Å². The smallest absolute Gasteiger partial charge is 0.186 e. The monoisotopic (exact) mass is 398 g/mol. The van der Waals surface area contributed by atoms with Crippen molar-refractivity contribution in [1.29, 1.82) is 0 Å². The van der Waals surface area contributed by atoms with Crippen molar-refractivity contribution in [2.45, 2.75) is 13.5 Å². The number of halogens is 1. The molecule has 144 valence electrons. The van der Waals surface area contributed by atoms with Crippen LogP contribution in [0.4, 0.5) is 0 Å². The van der Waals surface area contributed by atoms with Crippen LogP contribution in [0.1, 0.15) is 27.4 Å². The summed E-state index contributed by atoms with van der Waals surface area (Å²) in [5.74, 6) is 1.73. The summed E-state index contributed by atoms with van der Waals surface area (Å²) in [4.78, 5) is 12.3. The highest BCUT2D eigenvalue weighted by atomic mass is 35.5. The molecule has 0 saturated carbocycles. The van der Waals surface area contributed by atoms with E-state index in [1.54, 1.807) is 24.3 Å². The van der Waals surface area contributed by atoms with E-state index in [4.69, 9.17) is 25.5 Å². The summed E-state index contributed by atoms with van der Waals surface area (Å²) in [7, 11) is 1.43. The quantitative estimate of drug-likeness (QED) is 0.424. The Balaban J connectivity index is 1.65. The van der Waals surface area contributed by atoms with Gasteiger partial charge in [0.2, 0.25) is 0 Å². The van der Waals surface area contributed by atoms with Gasteiger partial charge in [-0.3, -0.25) is 4.79 Å². The van der Waals surface area contributed by atoms with Crippen LogP contribution in [-0.2, 0) is 6.61 Å². The van der Waals surface area contributed by atoms with Crippen LogP contribution in [0.25, 0.3) is 6.08 Å². The van der Waals surface area contributed by atoms with Crippen molar-refractivity contribution in [3.8, 4) is 17.2 Å². The lowest BCUT2D eigenvalue weighted by molar-refractivity contribution is 0.104. The molecule has 3 rings (SSSR count). The molecule has 1 aromatic heterocycles. The molecule has 28 heavy (non-hydrogen) atoms. The maximum absolute atomic E-state index is 12.3. The van der Waals surface area contributed by atoms with E-state index in [1.807, 2.05) is 19.1 Å². The number of allylic oxidation sites excluding steroid dienone is 1. The Morgan fingerprint density at radius 1 is 1.21 bits per heavy atom. The highest BCUT2D eigenvalue weighted by molar-refractivity contribution is 6.32. The van der Waals surface area contributed by atoms with Crippen LogP contribution in [0.15, 0.2) is 59.0 Å². The second kappa shape index (κ2) is 8.67. The van der Waals surface area contributed by atoms with Gasteiger partial charge < -0.3 is 19.0 Å². The number of para-hydroxylation sites is 1. The molecule has 1 heterocycles. The Hall–Kier alpha value is -3.18. The van der Waals surface area contributed by atoms with Crippen molar-refractivity contribution < 1.29 is 23.8 Å². The van der Waals surface area contributed by atoms with Crippen LogP contribution in [0.5, 0.6) is 17.2 Å². The second-order valence-corrected chi connectivity index (χ2v) is 6.47. The molecule has 0 unspecified atom stereocenters. The zero-order chi connectivity index (χ0) is 20.1. The fourth-order valence-electron chi connectivity index (χ4n) is 2.59. The third kappa shape index (κ3) is 4.56. The minimum Gasteiger partial charge on any atom is -0.504 e. The van der Waals surface area contributed by atoms with Gasteiger partial charge in [0, 0.05) is 5.56 Å². The number of methoxy groups -OCH3 is 1. The average molecular weight is 399 g/mol. The Bertz CT molecular complexity index is 999. The summed E-state index contributed by atoms with van der Waals surface area (Å²) < 4.78 is 16.4. The molecule has 0 bridgehead atoms. The number of benzene rings is 2. The van der Waals surface area contributed by atoms with E-state index in [0.717, 1.165) is 5.56 Å². The highest BCUT2D eigenvalue weighted by Gasteiger charge is 2.09. The zero-order valence-electron chi connectivity index (χ0n) is 15.4. The first-order valence-electron chi connectivity index (χ1n) is 8.54. The van der Waals surface area contributed by atoms with Gasteiger partial charge >= 0.3 is 0 Å². The van der Waals surface area contributed by atoms with Crippen LogP contribution >= 0.6 is 11.6 Å². The van der Waals surface area contributed by atoms with Gasteiger partial charge in [-0.1, -0.05) is 23.7 Å². The second-order valence-electron chi connectivity index (χ2n) is 6.06. The molecular weight excluding hydrogens is 380 g/mol. The van der Waals surface area contributed by atoms with Crippen LogP contribution in [0.2, 0.25) is 5.02 Å². The van der Waals surface area contributed by atoms with Crippen LogP contribution in [-0.4, -0.2) is 18.0 Å². The summed E-state index contributed by atoms with van der Waals surface area (Å²) in [5, 5.41) is 10.1. The Morgan fingerprint density at radius 2 is 2.04 bits per heavy atom. The van der Waals surface area contributed by atoms with Gasteiger partial charge in [-0.05, 0) is 61.0 Å². The van der Waals surface area contributed by atoms with E-state index < -0.39 is 0 Å². The number of phenolic OH excluding ortho intramolecular Hbond substituents is 1. The lowest BCUT2D eigenvalue weighted by Gasteiger charge is -2.09. The van der Waals surface area contributed by atoms with Crippen molar-refractivity contribution in [1.82, 2.24) is 0 Å². The number of carbonyl (C=O) groups is 1. The first kappa shape index (κ1) is 19.6. The molecule has 0 spiro atoms. The number of hydrogen-bond acceptors (Lipinski definition) is 5. The van der Waals surface area contributed by atoms with Gasteiger partial charge in [0.05, 0.1) is 12.1 Å². The van der Waals surface area contributed by atoms with Gasteiger partial charge in [0.25, 0.3) is 0 Å². The third-order valence-electron chi connectivity index (χ3n) is 4.07. The van der Waals surface area contributed by atoms with Crippen molar-refractivity contribution in [2.24, 2.45) is 0 Å². The summed E-state index contributed by atoms with van der Waals surface area (Å²) in [5.41, 5.74) is 1.34. The van der Waals surface area contributed by atoms with E-state index in [9.17, 15) is 9.90 Å². The predicted molar refractivity (Wildman–Crippen MR) is 107 cm³/mol. The molecule has 2 aromatic carbocycles. The maximum atomic E-state index is 12.3. The van der Waals surface area contributed by atoms with E-state index >= 15 is 0 Å². The molecule has 0 aliphatic heterocycles. The molecule has 0 amide bonds. The van der Waals surface area contributed by atoms with E-state index in [0.29, 0.717) is 27.9 Å². The van der Waals surface area contributed by atoms with Crippen molar-refractivity contribution in [2.75, 3.05) is 7.11 Å². The topological polar surface area (TPSA) is 68.9 Å². The number of furan rings is 1. The summed E-state index contributed by atoms with van der Waals surface area (Å²) in [6.45, 7) is 2.14. The zero-order valence-corrected chi connectivity index (χ0v) is 16.2. The molecule has 0 radical (unpaired) electrons. The number of ether oxygens (including phenoxy) is 2. The SMILES string of the molecule is COc1cc(C(=O)/C=C/c2ccc(COc3c(C)cccc3Cl)o2)ccc1O. The number of phenols is 1. The number of carbonyl (C=O) groups excluding carboxylic acids is 1. The van der Waals surface area contributed by atoms with Crippen molar-refractivity contribution in [3.63, 3.8) is 0 Å². The lowest BCUT2D eigenvalue weighted by atomic mass is 10.1. The molecule has 0 aliphatic carbocycles. The average Bonchev–Trinajstić information content (AvgIpc) is 3.14. The minimum absolute atomic E-state index is 0.0209. The molecule has 0 atom stereocenters. The van der Waals surface area contributed by atoms with Gasteiger partial charge in [-0.2, -0.15) is 0 Å². The molecule has 5 nitrogen and oxygen atoms in total. The third-order valence-corrected chi connectivity index (χ3v) is 4.37. The first-order chi connectivity index (χ1) is 13.5. The maximum Gasteiger partial charge on any atom is 0.186 e. The standard InChI is InChI=1S/C22H19ClO5/c1-14-4-3-5-18(23)22(14)27-13-17-8-7-16(28-17)9-11-19(24)15-6-10-20(25)21(12-15)26-2/h3-12,25H,13H2,1-2H3/b11-9+. The van der Waals surface area contributed by atoms with Crippen LogP contribution in [0.3, 0.4) is 0 Å². The van der Waals surface area contributed by atoms with Gasteiger partial charge in [0.15, 0.2) is 17.3 Å². The number of hydrogen-bond donors (Lipinski definition) is 1. The molecule has 6 heteroatoms. The largest absolute Gasteiger partial charge is 0.504 e. The van der Waals surface area contributed by atoms with Crippen molar-refractivity contribution in [3.05, 3.63) is 82.3 Å². The molecule has 0 fully saturated rings. The van der Waals surface area contributed by atoms with Crippen LogP contribution < -0.4 is 9.47 Å². The predicted octanol–water partition coefficient (Wildman–Crippen LogP) is 5.43. The molecule has 0 saturated heterocycles. The Labute approximate surface area is 167 Å². The number of rotatable bonds is 7. The van der Waals surface area contributed by atoms with Crippen LogP contribution in [0, 0.1) is 6.92 Å². The molecular formula is C22H19ClO5. The highest BCUT2D eigenvalue weighted by Crippen LogP contribution is 2.29. The van der Waals surface area contributed by atoms with Gasteiger partial charge in [-0.15, -0.1) is 0 Å². The Kier molecular flexibility index (Phi) is 6.06. The summed E-state index contributed by atoms with van der Waals surface area (Å²) in [6, 6.07) is 13.5. The van der Waals surface area contributed by atoms with E-state index in [2.05, 4.69) is 0 Å². The normalized spacial score (nSPS) is 11.0.